The zero-order valence-electron chi connectivity index (χ0n) is 7.81. The van der Waals surface area contributed by atoms with Gasteiger partial charge in [-0.15, -0.1) is 0 Å². The first kappa shape index (κ1) is 12.1. The fourth-order valence-corrected chi connectivity index (χ4v) is 4.18. The zero-order valence-corrected chi connectivity index (χ0v) is 13.7. The monoisotopic (exact) mass is 485 g/mol. The fourth-order valence-electron chi connectivity index (χ4n) is 1.51. The second-order valence-corrected chi connectivity index (χ2v) is 6.37. The number of hydrogen-bond donors (Lipinski definition) is 0. The summed E-state index contributed by atoms with van der Waals surface area (Å²) in [4.78, 5) is 0. The van der Waals surface area contributed by atoms with Crippen molar-refractivity contribution in [2.24, 2.45) is 0 Å². The molecule has 1 aromatic carbocycles. The molecule has 0 saturated carbocycles. The lowest BCUT2D eigenvalue weighted by Crippen LogP contribution is -1.94. The highest BCUT2D eigenvalue weighted by Gasteiger charge is 2.16. The van der Waals surface area contributed by atoms with Gasteiger partial charge < -0.3 is 0 Å². The van der Waals surface area contributed by atoms with Gasteiger partial charge in [0.15, 0.2) is 0 Å². The van der Waals surface area contributed by atoms with Crippen LogP contribution in [0.15, 0.2) is 42.0 Å². The van der Waals surface area contributed by atoms with Gasteiger partial charge in [-0.1, -0.05) is 40.2 Å². The van der Waals surface area contributed by atoms with Crippen molar-refractivity contribution in [3.05, 3.63) is 54.0 Å². The molecule has 15 heavy (non-hydrogen) atoms. The molecule has 3 heteroatoms. The molecule has 1 radical (unpaired) electrons. The van der Waals surface area contributed by atoms with Crippen LogP contribution in [0.1, 0.15) is 12.0 Å². The summed E-state index contributed by atoms with van der Waals surface area (Å²) < 4.78 is 3.84. The van der Waals surface area contributed by atoms with Crippen LogP contribution >= 0.6 is 61.1 Å². The maximum Gasteiger partial charge on any atom is 0.0254 e. The van der Waals surface area contributed by atoms with E-state index in [1.54, 1.807) is 0 Å². The van der Waals surface area contributed by atoms with Gasteiger partial charge >= 0.3 is 0 Å². The first-order chi connectivity index (χ1) is 7.20. The summed E-state index contributed by atoms with van der Waals surface area (Å²) in [6.07, 6.45) is 5.57. The maximum atomic E-state index is 3.60. The lowest BCUT2D eigenvalue weighted by atomic mass is 10.00. The quantitative estimate of drug-likeness (QED) is 0.459. The standard InChI is InChI=1S/C12H8BrI2/c13-9-5-2-1-4-8(9)12-10(14)6-3-7-11(12)15/h1-2,4-7H,3H2. The van der Waals surface area contributed by atoms with Gasteiger partial charge in [-0.3, -0.25) is 0 Å². The summed E-state index contributed by atoms with van der Waals surface area (Å²) in [5.74, 6) is 0. The molecular weight excluding hydrogens is 478 g/mol. The van der Waals surface area contributed by atoms with Crippen LogP contribution in [0.3, 0.4) is 0 Å². The Bertz CT molecular complexity index is 447. The van der Waals surface area contributed by atoms with E-state index in [-0.39, 0.29) is 0 Å². The second kappa shape index (κ2) is 5.31. The predicted octanol–water partition coefficient (Wildman–Crippen LogP) is 5.52. The van der Waals surface area contributed by atoms with Crippen molar-refractivity contribution in [1.29, 1.82) is 0 Å². The molecule has 0 saturated heterocycles. The van der Waals surface area contributed by atoms with Crippen molar-refractivity contribution in [1.82, 2.24) is 0 Å². The SMILES string of the molecule is Brc1ccccc1C1=C(I)[CH]CC=C1I. The minimum absolute atomic E-state index is 1.05. The van der Waals surface area contributed by atoms with E-state index in [4.69, 9.17) is 0 Å². The van der Waals surface area contributed by atoms with Gasteiger partial charge in [0, 0.05) is 23.6 Å². The van der Waals surface area contributed by atoms with Crippen LogP contribution in [0.2, 0.25) is 0 Å². The Morgan fingerprint density at radius 3 is 2.53 bits per heavy atom. The molecule has 1 aromatic rings. The highest BCUT2D eigenvalue weighted by Crippen LogP contribution is 2.41. The summed E-state index contributed by atoms with van der Waals surface area (Å²) in [6.45, 7) is 0. The molecule has 0 bridgehead atoms. The third-order valence-electron chi connectivity index (χ3n) is 2.21. The van der Waals surface area contributed by atoms with E-state index in [1.807, 2.05) is 6.07 Å². The smallest absolute Gasteiger partial charge is 0.0254 e. The van der Waals surface area contributed by atoms with Gasteiger partial charge in [-0.2, -0.15) is 0 Å². The molecular formula is C12H8BrI2. The van der Waals surface area contributed by atoms with Gasteiger partial charge in [0.2, 0.25) is 0 Å². The normalized spacial score (nSPS) is 16.6. The van der Waals surface area contributed by atoms with Crippen LogP contribution in [0, 0.1) is 6.42 Å². The molecule has 0 spiro atoms. The van der Waals surface area contributed by atoms with Crippen molar-refractivity contribution in [2.75, 3.05) is 0 Å². The van der Waals surface area contributed by atoms with Crippen molar-refractivity contribution < 1.29 is 0 Å². The number of allylic oxidation sites excluding steroid dienone is 4. The Morgan fingerprint density at radius 2 is 1.87 bits per heavy atom. The molecule has 0 atom stereocenters. The van der Waals surface area contributed by atoms with Crippen LogP contribution in [0.4, 0.5) is 0 Å². The first-order valence-electron chi connectivity index (χ1n) is 4.54. The predicted molar refractivity (Wildman–Crippen MR) is 86.1 cm³/mol. The topological polar surface area (TPSA) is 0 Å². The highest BCUT2D eigenvalue weighted by atomic mass is 127. The van der Waals surface area contributed by atoms with Crippen molar-refractivity contribution in [3.63, 3.8) is 0 Å². The number of benzene rings is 1. The summed E-state index contributed by atoms with van der Waals surface area (Å²) in [5, 5.41) is 0. The summed E-state index contributed by atoms with van der Waals surface area (Å²) >= 11 is 8.43. The average molecular weight is 486 g/mol. The van der Waals surface area contributed by atoms with Crippen molar-refractivity contribution >= 4 is 66.7 Å². The summed E-state index contributed by atoms with van der Waals surface area (Å²) in [5.41, 5.74) is 2.62. The van der Waals surface area contributed by atoms with Gasteiger partial charge in [-0.25, -0.2) is 0 Å². The number of halogens is 3. The van der Waals surface area contributed by atoms with E-state index in [9.17, 15) is 0 Å². The maximum absolute atomic E-state index is 3.60. The summed E-state index contributed by atoms with van der Waals surface area (Å²) in [6, 6.07) is 8.37. The van der Waals surface area contributed by atoms with Gasteiger partial charge in [0.25, 0.3) is 0 Å². The Hall–Kier alpha value is 0.640. The Kier molecular flexibility index (Phi) is 4.29. The molecule has 77 valence electrons. The molecule has 0 heterocycles. The average Bonchev–Trinajstić information content (AvgIpc) is 2.20. The van der Waals surface area contributed by atoms with Crippen LogP contribution < -0.4 is 0 Å². The van der Waals surface area contributed by atoms with Crippen molar-refractivity contribution in [2.45, 2.75) is 6.42 Å². The molecule has 0 N–H and O–H groups in total. The minimum atomic E-state index is 1.05. The van der Waals surface area contributed by atoms with Gasteiger partial charge in [0.1, 0.15) is 0 Å². The number of hydrogen-bond acceptors (Lipinski definition) is 0. The zero-order chi connectivity index (χ0) is 10.8. The lowest BCUT2D eigenvalue weighted by molar-refractivity contribution is 1.26. The third kappa shape index (κ3) is 2.66. The van der Waals surface area contributed by atoms with Crippen LogP contribution in [0.5, 0.6) is 0 Å². The molecule has 0 fully saturated rings. The Balaban J connectivity index is 2.55. The third-order valence-corrected chi connectivity index (χ3v) is 4.87. The molecule has 1 aliphatic carbocycles. The lowest BCUT2D eigenvalue weighted by Gasteiger charge is -2.16. The molecule has 0 aliphatic heterocycles. The molecule has 0 aromatic heterocycles. The second-order valence-electron chi connectivity index (χ2n) is 3.19. The molecule has 1 aliphatic rings. The van der Waals surface area contributed by atoms with Crippen molar-refractivity contribution in [3.8, 4) is 0 Å². The van der Waals surface area contributed by atoms with Crippen LogP contribution in [0.25, 0.3) is 5.57 Å². The van der Waals surface area contributed by atoms with E-state index < -0.39 is 0 Å². The summed E-state index contributed by atoms with van der Waals surface area (Å²) in [7, 11) is 0. The van der Waals surface area contributed by atoms with Crippen LogP contribution in [-0.4, -0.2) is 0 Å². The highest BCUT2D eigenvalue weighted by molar-refractivity contribution is 14.1. The minimum Gasteiger partial charge on any atom is -0.0698 e. The first-order valence-corrected chi connectivity index (χ1v) is 7.49. The molecule has 0 nitrogen and oxygen atoms in total. The van der Waals surface area contributed by atoms with E-state index in [0.717, 1.165) is 10.9 Å². The van der Waals surface area contributed by atoms with E-state index >= 15 is 0 Å². The molecule has 0 amide bonds. The molecule has 2 rings (SSSR count). The van der Waals surface area contributed by atoms with Gasteiger partial charge in [0.05, 0.1) is 0 Å². The Labute approximate surface area is 126 Å². The van der Waals surface area contributed by atoms with E-state index in [2.05, 4.69) is 91.8 Å². The fraction of sp³-hybridized carbons (Fsp3) is 0.0833. The molecule has 0 unspecified atom stereocenters. The number of rotatable bonds is 1. The van der Waals surface area contributed by atoms with Crippen LogP contribution in [-0.2, 0) is 0 Å². The Morgan fingerprint density at radius 1 is 1.13 bits per heavy atom. The largest absolute Gasteiger partial charge is 0.0698 e. The van der Waals surface area contributed by atoms with E-state index in [0.29, 0.717) is 0 Å². The van der Waals surface area contributed by atoms with E-state index in [1.165, 1.54) is 18.3 Å². The van der Waals surface area contributed by atoms with Gasteiger partial charge in [-0.05, 0) is 63.2 Å².